The van der Waals surface area contributed by atoms with Gasteiger partial charge in [-0.15, -0.1) is 0 Å². The third-order valence-electron chi connectivity index (χ3n) is 6.68. The van der Waals surface area contributed by atoms with Crippen LogP contribution in [-0.4, -0.2) is 38.0 Å². The van der Waals surface area contributed by atoms with Crippen LogP contribution in [0.4, 0.5) is 17.6 Å². The summed E-state index contributed by atoms with van der Waals surface area (Å²) in [6.07, 6.45) is -2.70. The molecule has 0 aromatic rings. The zero-order valence-corrected chi connectivity index (χ0v) is 14.2. The van der Waals surface area contributed by atoms with Crippen molar-refractivity contribution in [2.75, 3.05) is 14.2 Å². The number of alkyl halides is 4. The third-order valence-corrected chi connectivity index (χ3v) is 6.68. The van der Waals surface area contributed by atoms with E-state index in [2.05, 4.69) is 9.47 Å². The topological polar surface area (TPSA) is 52.6 Å². The number of hydrogen-bond donors (Lipinski definition) is 0. The molecule has 0 heterocycles. The normalized spacial score (nSPS) is 40.4. The molecule has 0 spiro atoms. The summed E-state index contributed by atoms with van der Waals surface area (Å²) in [5, 5.41) is 0. The predicted molar refractivity (Wildman–Crippen MR) is 78.1 cm³/mol. The average molecular weight is 366 g/mol. The molecule has 4 aliphatic rings. The molecule has 4 atom stereocenters. The lowest BCUT2D eigenvalue weighted by Gasteiger charge is -2.60. The number of halogens is 4. The molecule has 4 aliphatic carbocycles. The van der Waals surface area contributed by atoms with Crippen molar-refractivity contribution in [3.8, 4) is 0 Å². The zero-order chi connectivity index (χ0) is 18.7. The Morgan fingerprint density at radius 1 is 0.840 bits per heavy atom. The summed E-state index contributed by atoms with van der Waals surface area (Å²) in [7, 11) is 2.18. The van der Waals surface area contributed by atoms with Gasteiger partial charge in [0.25, 0.3) is 11.8 Å². The van der Waals surface area contributed by atoms with Crippen LogP contribution < -0.4 is 0 Å². The summed E-state index contributed by atoms with van der Waals surface area (Å²) in [6.45, 7) is 0. The van der Waals surface area contributed by atoms with Crippen molar-refractivity contribution in [2.24, 2.45) is 22.7 Å². The van der Waals surface area contributed by atoms with Crippen molar-refractivity contribution in [1.29, 1.82) is 0 Å². The maximum atomic E-state index is 15.2. The Labute approximate surface area is 143 Å². The van der Waals surface area contributed by atoms with Crippen LogP contribution in [-0.2, 0) is 19.1 Å². The van der Waals surface area contributed by atoms with Crippen LogP contribution >= 0.6 is 0 Å². The largest absolute Gasteiger partial charge is 0.469 e. The molecule has 4 rings (SSSR count). The van der Waals surface area contributed by atoms with Crippen LogP contribution in [0.25, 0.3) is 0 Å². The van der Waals surface area contributed by atoms with Gasteiger partial charge in [0.15, 0.2) is 0 Å². The van der Waals surface area contributed by atoms with Crippen molar-refractivity contribution in [3.05, 3.63) is 0 Å². The van der Waals surface area contributed by atoms with Gasteiger partial charge in [-0.05, 0) is 32.1 Å². The highest BCUT2D eigenvalue weighted by atomic mass is 19.3. The van der Waals surface area contributed by atoms with Gasteiger partial charge in [0.05, 0.1) is 27.1 Å². The van der Waals surface area contributed by atoms with Crippen molar-refractivity contribution >= 4 is 11.9 Å². The average Bonchev–Trinajstić information content (AvgIpc) is 2.65. The highest BCUT2D eigenvalue weighted by Gasteiger charge is 2.77. The maximum Gasteiger partial charge on any atom is 0.306 e. The standard InChI is InChI=1S/C17H22F4O4/c1-24-12(22)7-14-5-10-3-4-11(16(14,18)19)6-15(9-14,17(10,20)21)8-13(23)25-2/h10-11H,3-9H2,1-2H3. The first-order valence-corrected chi connectivity index (χ1v) is 8.43. The fourth-order valence-corrected chi connectivity index (χ4v) is 5.54. The summed E-state index contributed by atoms with van der Waals surface area (Å²) in [4.78, 5) is 23.6. The molecule has 0 amide bonds. The smallest absolute Gasteiger partial charge is 0.306 e. The van der Waals surface area contributed by atoms with Crippen LogP contribution in [0, 0.1) is 22.7 Å². The molecule has 142 valence electrons. The Morgan fingerprint density at radius 2 is 1.20 bits per heavy atom. The van der Waals surface area contributed by atoms with Crippen molar-refractivity contribution in [3.63, 3.8) is 0 Å². The first-order valence-electron chi connectivity index (χ1n) is 8.43. The van der Waals surface area contributed by atoms with Gasteiger partial charge < -0.3 is 9.47 Å². The van der Waals surface area contributed by atoms with Crippen LogP contribution in [0.15, 0.2) is 0 Å². The summed E-state index contributed by atoms with van der Waals surface area (Å²) >= 11 is 0. The molecule has 4 saturated carbocycles. The van der Waals surface area contributed by atoms with Crippen LogP contribution in [0.5, 0.6) is 0 Å². The lowest BCUT2D eigenvalue weighted by molar-refractivity contribution is -0.301. The number of hydrogen-bond acceptors (Lipinski definition) is 4. The molecule has 0 radical (unpaired) electrons. The molecule has 0 aliphatic heterocycles. The van der Waals surface area contributed by atoms with E-state index in [0.29, 0.717) is 0 Å². The van der Waals surface area contributed by atoms with Gasteiger partial charge in [-0.2, -0.15) is 0 Å². The fraction of sp³-hybridized carbons (Fsp3) is 0.882. The minimum Gasteiger partial charge on any atom is -0.469 e. The van der Waals surface area contributed by atoms with Gasteiger partial charge in [0.2, 0.25) is 0 Å². The number of carbonyl (C=O) groups is 2. The lowest BCUT2D eigenvalue weighted by atomic mass is 9.47. The van der Waals surface area contributed by atoms with E-state index in [1.807, 2.05) is 0 Å². The second kappa shape index (κ2) is 5.58. The number of rotatable bonds is 4. The number of esters is 2. The van der Waals surface area contributed by atoms with Crippen LogP contribution in [0.1, 0.15) is 44.9 Å². The van der Waals surface area contributed by atoms with E-state index >= 15 is 17.6 Å². The fourth-order valence-electron chi connectivity index (χ4n) is 5.54. The molecular formula is C17H22F4O4. The van der Waals surface area contributed by atoms with E-state index in [-0.39, 0.29) is 12.8 Å². The summed E-state index contributed by atoms with van der Waals surface area (Å²) < 4.78 is 69.9. The zero-order valence-electron chi connectivity index (χ0n) is 14.2. The summed E-state index contributed by atoms with van der Waals surface area (Å²) in [5.41, 5.74) is -3.78. The van der Waals surface area contributed by atoms with Gasteiger partial charge >= 0.3 is 11.9 Å². The Hall–Kier alpha value is -1.34. The molecule has 0 saturated heterocycles. The van der Waals surface area contributed by atoms with E-state index in [0.717, 1.165) is 14.2 Å². The predicted octanol–water partition coefficient (Wildman–Crippen LogP) is 3.58. The van der Waals surface area contributed by atoms with Gasteiger partial charge in [0, 0.05) is 22.7 Å². The molecule has 25 heavy (non-hydrogen) atoms. The monoisotopic (exact) mass is 366 g/mol. The summed E-state index contributed by atoms with van der Waals surface area (Å²) in [6, 6.07) is 0. The van der Waals surface area contributed by atoms with E-state index in [1.54, 1.807) is 0 Å². The number of methoxy groups -OCH3 is 2. The number of carbonyl (C=O) groups excluding carboxylic acids is 2. The highest BCUT2D eigenvalue weighted by Crippen LogP contribution is 2.74. The second-order valence-electron chi connectivity index (χ2n) is 7.87. The van der Waals surface area contributed by atoms with Crippen molar-refractivity contribution in [1.82, 2.24) is 0 Å². The quantitative estimate of drug-likeness (QED) is 0.564. The SMILES string of the molecule is COC(=O)CC12CC3CCC(CC(CC(=O)OC)(C1)C3(F)F)C2(F)F. The van der Waals surface area contributed by atoms with E-state index in [4.69, 9.17) is 0 Å². The van der Waals surface area contributed by atoms with E-state index in [9.17, 15) is 9.59 Å². The Bertz CT molecular complexity index is 543. The lowest BCUT2D eigenvalue weighted by Crippen LogP contribution is -2.65. The molecule has 4 fully saturated rings. The highest BCUT2D eigenvalue weighted by molar-refractivity contribution is 5.72. The molecule has 8 heteroatoms. The Morgan fingerprint density at radius 3 is 1.52 bits per heavy atom. The Balaban J connectivity index is 2.11. The van der Waals surface area contributed by atoms with Crippen LogP contribution in [0.2, 0.25) is 0 Å². The molecule has 0 N–H and O–H groups in total. The Kier molecular flexibility index (Phi) is 4.12. The van der Waals surface area contributed by atoms with Gasteiger partial charge in [-0.25, -0.2) is 17.6 Å². The van der Waals surface area contributed by atoms with E-state index in [1.165, 1.54) is 0 Å². The van der Waals surface area contributed by atoms with E-state index < -0.39 is 78.6 Å². The summed E-state index contributed by atoms with van der Waals surface area (Å²) in [5.74, 6) is -10.7. The minimum atomic E-state index is -3.24. The maximum absolute atomic E-state index is 15.2. The van der Waals surface area contributed by atoms with Gasteiger partial charge in [-0.3, -0.25) is 9.59 Å². The number of fused-ring (bicyclic) bond motifs is 1. The molecule has 0 aromatic heterocycles. The first-order chi connectivity index (χ1) is 11.5. The van der Waals surface area contributed by atoms with Gasteiger partial charge in [-0.1, -0.05) is 0 Å². The van der Waals surface area contributed by atoms with Crippen molar-refractivity contribution < 1.29 is 36.6 Å². The van der Waals surface area contributed by atoms with Crippen LogP contribution in [0.3, 0.4) is 0 Å². The molecule has 4 bridgehead atoms. The third kappa shape index (κ3) is 2.39. The molecule has 0 aromatic carbocycles. The molecule has 4 nitrogen and oxygen atoms in total. The minimum absolute atomic E-state index is 0.0287. The second-order valence-corrected chi connectivity index (χ2v) is 7.87. The molecular weight excluding hydrogens is 344 g/mol. The first kappa shape index (κ1) is 18.5. The van der Waals surface area contributed by atoms with Crippen molar-refractivity contribution in [2.45, 2.75) is 56.8 Å². The van der Waals surface area contributed by atoms with Gasteiger partial charge in [0.1, 0.15) is 0 Å². The number of ether oxygens (including phenoxy) is 2. The molecule has 4 unspecified atom stereocenters.